The molecule has 0 rings (SSSR count). The van der Waals surface area contributed by atoms with Crippen LogP contribution in [-0.2, 0) is 14.3 Å². The molecule has 0 spiro atoms. The lowest BCUT2D eigenvalue weighted by molar-refractivity contribution is -0.143. The first-order valence-electron chi connectivity index (χ1n) is 42.9. The van der Waals surface area contributed by atoms with E-state index in [4.69, 9.17) is 4.74 Å². The van der Waals surface area contributed by atoms with Gasteiger partial charge in [-0.05, 0) is 51.4 Å². The van der Waals surface area contributed by atoms with Gasteiger partial charge in [-0.25, -0.2) is 0 Å². The fourth-order valence-corrected chi connectivity index (χ4v) is 14.1. The molecule has 0 aromatic carbocycles. The summed E-state index contributed by atoms with van der Waals surface area (Å²) >= 11 is 0. The van der Waals surface area contributed by atoms with Crippen LogP contribution in [0.4, 0.5) is 0 Å². The fraction of sp³-hybridized carbons (Fsp3) is 0.953. The highest BCUT2D eigenvalue weighted by atomic mass is 16.5. The summed E-state index contributed by atoms with van der Waals surface area (Å²) in [5, 5.41) is 23.4. The maximum Gasteiger partial charge on any atom is 0.305 e. The van der Waals surface area contributed by atoms with E-state index >= 15 is 0 Å². The van der Waals surface area contributed by atoms with E-state index in [1.165, 1.54) is 430 Å². The molecule has 92 heavy (non-hydrogen) atoms. The Morgan fingerprint density at radius 1 is 0.293 bits per heavy atom. The Balaban J connectivity index is 3.30. The van der Waals surface area contributed by atoms with E-state index < -0.39 is 12.1 Å². The first-order chi connectivity index (χ1) is 45.5. The van der Waals surface area contributed by atoms with Crippen molar-refractivity contribution in [3.8, 4) is 0 Å². The topological polar surface area (TPSA) is 95.9 Å². The van der Waals surface area contributed by atoms with Crippen molar-refractivity contribution in [1.82, 2.24) is 5.32 Å². The standard InChI is InChI=1S/C86H169NO5/c1-3-5-7-9-11-13-15-17-19-21-46-50-54-58-62-66-70-74-78-84(89)83(82-88)87-85(90)79-75-71-67-63-59-55-51-47-44-42-40-38-36-34-32-30-28-26-24-23-25-27-29-31-33-35-37-39-41-43-45-49-53-57-61-65-69-73-77-81-92-86(91)80-76-72-68-64-60-56-52-48-22-20-18-16-14-12-10-8-6-4-2/h23-24,83-84,88-89H,3-22,25-82H2,1-2H3,(H,87,90)/b24-23-. The SMILES string of the molecule is CCCCCCCCCCCCCCCCCCCCC(=O)OCCCCCCCCCCCCCCCCCCCC/C=C\CCCCCCCCCCCCCCCCCCCC(=O)NC(CO)C(O)CCCCCCCCCCCCCCCCCCCC. The summed E-state index contributed by atoms with van der Waals surface area (Å²) in [5.74, 6) is 0.00294. The van der Waals surface area contributed by atoms with Gasteiger partial charge in [-0.3, -0.25) is 9.59 Å². The molecule has 6 heteroatoms. The minimum atomic E-state index is -0.661. The van der Waals surface area contributed by atoms with Gasteiger partial charge >= 0.3 is 5.97 Å². The highest BCUT2D eigenvalue weighted by molar-refractivity contribution is 5.76. The molecule has 0 heterocycles. The first-order valence-corrected chi connectivity index (χ1v) is 42.9. The molecule has 0 saturated carbocycles. The molecular weight excluding hydrogens is 1130 g/mol. The Bertz CT molecular complexity index is 1400. The second kappa shape index (κ2) is 82.0. The summed E-state index contributed by atoms with van der Waals surface area (Å²) in [6, 6.07) is -0.538. The summed E-state index contributed by atoms with van der Waals surface area (Å²) in [6.07, 6.45) is 105. The number of carbonyl (C=O) groups excluding carboxylic acids is 2. The van der Waals surface area contributed by atoms with Crippen LogP contribution in [0.3, 0.4) is 0 Å². The van der Waals surface area contributed by atoms with Crippen molar-refractivity contribution in [3.63, 3.8) is 0 Å². The van der Waals surface area contributed by atoms with Crippen LogP contribution in [0.1, 0.15) is 502 Å². The number of rotatable bonds is 82. The van der Waals surface area contributed by atoms with Crippen LogP contribution in [0.2, 0.25) is 0 Å². The van der Waals surface area contributed by atoms with Crippen molar-refractivity contribution in [3.05, 3.63) is 12.2 Å². The molecule has 0 aliphatic heterocycles. The Hall–Kier alpha value is -1.40. The molecule has 0 aliphatic carbocycles. The number of aliphatic hydroxyl groups is 2. The zero-order valence-corrected chi connectivity index (χ0v) is 63.1. The molecule has 0 aliphatic rings. The van der Waals surface area contributed by atoms with Gasteiger partial charge in [-0.2, -0.15) is 0 Å². The van der Waals surface area contributed by atoms with Crippen molar-refractivity contribution in [1.29, 1.82) is 0 Å². The van der Waals surface area contributed by atoms with Gasteiger partial charge in [0.1, 0.15) is 0 Å². The summed E-state index contributed by atoms with van der Waals surface area (Å²) in [4.78, 5) is 24.7. The lowest BCUT2D eigenvalue weighted by Crippen LogP contribution is -2.45. The molecule has 0 fully saturated rings. The van der Waals surface area contributed by atoms with E-state index in [-0.39, 0.29) is 18.5 Å². The molecule has 0 aromatic heterocycles. The van der Waals surface area contributed by atoms with E-state index in [0.717, 1.165) is 38.5 Å². The molecule has 2 unspecified atom stereocenters. The molecule has 0 saturated heterocycles. The first kappa shape index (κ1) is 90.6. The minimum Gasteiger partial charge on any atom is -0.466 e. The van der Waals surface area contributed by atoms with Gasteiger partial charge in [0, 0.05) is 12.8 Å². The van der Waals surface area contributed by atoms with Gasteiger partial charge in [0.15, 0.2) is 0 Å². The van der Waals surface area contributed by atoms with Gasteiger partial charge < -0.3 is 20.3 Å². The maximum absolute atomic E-state index is 12.6. The fourth-order valence-electron chi connectivity index (χ4n) is 14.1. The van der Waals surface area contributed by atoms with Crippen molar-refractivity contribution in [2.75, 3.05) is 13.2 Å². The highest BCUT2D eigenvalue weighted by Gasteiger charge is 2.20. The Morgan fingerprint density at radius 3 is 0.772 bits per heavy atom. The van der Waals surface area contributed by atoms with Gasteiger partial charge in [-0.1, -0.05) is 450 Å². The number of unbranched alkanes of at least 4 members (excludes halogenated alkanes) is 69. The van der Waals surface area contributed by atoms with Crippen molar-refractivity contribution >= 4 is 11.9 Å². The van der Waals surface area contributed by atoms with Crippen LogP contribution in [0.25, 0.3) is 0 Å². The number of ether oxygens (including phenoxy) is 1. The third kappa shape index (κ3) is 77.6. The number of nitrogens with one attached hydrogen (secondary N) is 1. The monoisotopic (exact) mass is 1300 g/mol. The summed E-state index contributed by atoms with van der Waals surface area (Å²) in [7, 11) is 0. The molecular formula is C86H169NO5. The molecule has 3 N–H and O–H groups in total. The van der Waals surface area contributed by atoms with Crippen LogP contribution in [-0.4, -0.2) is 47.4 Å². The van der Waals surface area contributed by atoms with E-state index in [9.17, 15) is 19.8 Å². The van der Waals surface area contributed by atoms with Gasteiger partial charge in [0.2, 0.25) is 5.91 Å². The number of carbonyl (C=O) groups is 2. The minimum absolute atomic E-state index is 0.0253. The molecule has 0 bridgehead atoms. The zero-order valence-electron chi connectivity index (χ0n) is 63.1. The number of aliphatic hydroxyl groups excluding tert-OH is 2. The van der Waals surface area contributed by atoms with E-state index in [0.29, 0.717) is 25.9 Å². The number of hydrogen-bond donors (Lipinski definition) is 3. The second-order valence-corrected chi connectivity index (χ2v) is 29.9. The number of allylic oxidation sites excluding steroid dienone is 2. The molecule has 548 valence electrons. The van der Waals surface area contributed by atoms with Crippen LogP contribution >= 0.6 is 0 Å². The number of esters is 1. The lowest BCUT2D eigenvalue weighted by Gasteiger charge is -2.22. The van der Waals surface area contributed by atoms with E-state index in [1.54, 1.807) is 0 Å². The third-order valence-corrected chi connectivity index (χ3v) is 20.6. The quantitative estimate of drug-likeness (QED) is 0.0320. The second-order valence-electron chi connectivity index (χ2n) is 29.9. The normalized spacial score (nSPS) is 12.4. The van der Waals surface area contributed by atoms with Crippen molar-refractivity contribution < 1.29 is 24.5 Å². The van der Waals surface area contributed by atoms with Crippen molar-refractivity contribution in [2.45, 2.75) is 514 Å². The van der Waals surface area contributed by atoms with Gasteiger partial charge in [0.05, 0.1) is 25.4 Å². The zero-order chi connectivity index (χ0) is 66.3. The summed E-state index contributed by atoms with van der Waals surface area (Å²) < 4.78 is 5.52. The average molecular weight is 1300 g/mol. The Kier molecular flexibility index (Phi) is 80.8. The Labute approximate surface area is 578 Å². The highest BCUT2D eigenvalue weighted by Crippen LogP contribution is 2.21. The molecule has 0 radical (unpaired) electrons. The largest absolute Gasteiger partial charge is 0.466 e. The Morgan fingerprint density at radius 2 is 0.511 bits per heavy atom. The van der Waals surface area contributed by atoms with Gasteiger partial charge in [-0.15, -0.1) is 0 Å². The molecule has 6 nitrogen and oxygen atoms in total. The summed E-state index contributed by atoms with van der Waals surface area (Å²) in [6.45, 7) is 5.02. The van der Waals surface area contributed by atoms with Crippen molar-refractivity contribution in [2.24, 2.45) is 0 Å². The summed E-state index contributed by atoms with van der Waals surface area (Å²) in [5.41, 5.74) is 0. The lowest BCUT2D eigenvalue weighted by atomic mass is 10.0. The van der Waals surface area contributed by atoms with Crippen LogP contribution < -0.4 is 5.32 Å². The number of hydrogen-bond acceptors (Lipinski definition) is 5. The molecule has 2 atom stereocenters. The van der Waals surface area contributed by atoms with Crippen LogP contribution in [0, 0.1) is 0 Å². The third-order valence-electron chi connectivity index (χ3n) is 20.6. The smallest absolute Gasteiger partial charge is 0.305 e. The average Bonchev–Trinajstić information content (AvgIpc) is 3.61. The van der Waals surface area contributed by atoms with Crippen LogP contribution in [0.5, 0.6) is 0 Å². The maximum atomic E-state index is 12.6. The number of amides is 1. The van der Waals surface area contributed by atoms with Crippen LogP contribution in [0.15, 0.2) is 12.2 Å². The predicted molar refractivity (Wildman–Crippen MR) is 407 cm³/mol. The molecule has 0 aromatic rings. The van der Waals surface area contributed by atoms with E-state index in [2.05, 4.69) is 31.3 Å². The van der Waals surface area contributed by atoms with Gasteiger partial charge in [0.25, 0.3) is 0 Å². The van der Waals surface area contributed by atoms with E-state index in [1.807, 2.05) is 0 Å². The molecule has 1 amide bonds. The predicted octanol–water partition coefficient (Wildman–Crippen LogP) is 28.6.